The monoisotopic (exact) mass is 286 g/mol. The highest BCUT2D eigenvalue weighted by Crippen LogP contribution is 2.29. The Hall–Kier alpha value is -2.49. The number of carbonyl (C=O) groups excluding carboxylic acids is 1. The highest BCUT2D eigenvalue weighted by molar-refractivity contribution is 5.97. The number of rotatable bonds is 5. The van der Waals surface area contributed by atoms with Gasteiger partial charge in [-0.25, -0.2) is 0 Å². The van der Waals surface area contributed by atoms with Crippen molar-refractivity contribution >= 4 is 11.9 Å². The van der Waals surface area contributed by atoms with Gasteiger partial charge < -0.3 is 14.6 Å². The second kappa shape index (κ2) is 6.79. The van der Waals surface area contributed by atoms with Crippen molar-refractivity contribution in [1.29, 1.82) is 0 Å². The van der Waals surface area contributed by atoms with E-state index in [4.69, 9.17) is 9.47 Å². The summed E-state index contributed by atoms with van der Waals surface area (Å²) < 4.78 is 10.6. The molecule has 1 N–H and O–H groups in total. The van der Waals surface area contributed by atoms with Crippen LogP contribution in [0, 0.1) is 5.92 Å². The van der Waals surface area contributed by atoms with E-state index in [1.165, 1.54) is 6.08 Å². The van der Waals surface area contributed by atoms with Crippen LogP contribution in [0.1, 0.15) is 12.0 Å². The lowest BCUT2D eigenvalue weighted by Crippen LogP contribution is -2.10. The number of hydrogen-bond donors (Lipinski definition) is 1. The van der Waals surface area contributed by atoms with Crippen molar-refractivity contribution in [3.05, 3.63) is 53.8 Å². The molecule has 110 valence electrons. The SMILES string of the molecule is COc1cccc(OC)c1/C=C/C(=O)C1C=CC(O)=CC1. The quantitative estimate of drug-likeness (QED) is 0.844. The predicted molar refractivity (Wildman–Crippen MR) is 81.5 cm³/mol. The molecule has 1 atom stereocenters. The Morgan fingerprint density at radius 2 is 1.95 bits per heavy atom. The lowest BCUT2D eigenvalue weighted by atomic mass is 9.95. The first-order chi connectivity index (χ1) is 10.2. The van der Waals surface area contributed by atoms with Crippen LogP contribution >= 0.6 is 0 Å². The zero-order valence-electron chi connectivity index (χ0n) is 12.1. The van der Waals surface area contributed by atoms with E-state index in [9.17, 15) is 9.90 Å². The summed E-state index contributed by atoms with van der Waals surface area (Å²) in [6, 6.07) is 5.45. The minimum Gasteiger partial charge on any atom is -0.508 e. The van der Waals surface area contributed by atoms with Crippen LogP contribution in [0.25, 0.3) is 6.08 Å². The van der Waals surface area contributed by atoms with Gasteiger partial charge in [-0.15, -0.1) is 0 Å². The van der Waals surface area contributed by atoms with Crippen molar-refractivity contribution in [2.45, 2.75) is 6.42 Å². The van der Waals surface area contributed by atoms with Crippen molar-refractivity contribution in [2.75, 3.05) is 14.2 Å². The van der Waals surface area contributed by atoms with Gasteiger partial charge in [-0.05, 0) is 42.9 Å². The number of aliphatic hydroxyl groups is 1. The minimum atomic E-state index is -0.238. The molecule has 1 aliphatic rings. The summed E-state index contributed by atoms with van der Waals surface area (Å²) in [5, 5.41) is 9.27. The van der Waals surface area contributed by atoms with E-state index in [0.717, 1.165) is 5.56 Å². The summed E-state index contributed by atoms with van der Waals surface area (Å²) in [5.41, 5.74) is 0.731. The summed E-state index contributed by atoms with van der Waals surface area (Å²) in [4.78, 5) is 12.1. The van der Waals surface area contributed by atoms with Gasteiger partial charge in [0.25, 0.3) is 0 Å². The number of aliphatic hydroxyl groups excluding tert-OH is 1. The molecule has 0 radical (unpaired) electrons. The van der Waals surface area contributed by atoms with Gasteiger partial charge >= 0.3 is 0 Å². The van der Waals surface area contributed by atoms with Crippen LogP contribution in [0.4, 0.5) is 0 Å². The molecule has 1 unspecified atom stereocenters. The van der Waals surface area contributed by atoms with E-state index < -0.39 is 0 Å². The largest absolute Gasteiger partial charge is 0.508 e. The number of benzene rings is 1. The molecule has 0 amide bonds. The van der Waals surface area contributed by atoms with Gasteiger partial charge in [-0.1, -0.05) is 12.1 Å². The number of ketones is 1. The van der Waals surface area contributed by atoms with E-state index >= 15 is 0 Å². The summed E-state index contributed by atoms with van der Waals surface area (Å²) in [6.07, 6.45) is 8.62. The molecule has 0 heterocycles. The Morgan fingerprint density at radius 1 is 1.29 bits per heavy atom. The van der Waals surface area contributed by atoms with Crippen molar-refractivity contribution in [3.63, 3.8) is 0 Å². The van der Waals surface area contributed by atoms with Gasteiger partial charge in [-0.3, -0.25) is 4.79 Å². The Morgan fingerprint density at radius 3 is 2.48 bits per heavy atom. The second-order valence-electron chi connectivity index (χ2n) is 4.64. The molecule has 0 saturated carbocycles. The minimum absolute atomic E-state index is 0.0250. The zero-order valence-corrected chi connectivity index (χ0v) is 12.1. The summed E-state index contributed by atoms with van der Waals surface area (Å²) >= 11 is 0. The number of allylic oxidation sites excluding steroid dienone is 4. The molecule has 21 heavy (non-hydrogen) atoms. The van der Waals surface area contributed by atoms with Crippen LogP contribution in [-0.2, 0) is 4.79 Å². The normalized spacial score (nSPS) is 17.6. The van der Waals surface area contributed by atoms with E-state index in [2.05, 4.69) is 0 Å². The molecule has 0 saturated heterocycles. The Balaban J connectivity index is 2.18. The van der Waals surface area contributed by atoms with Gasteiger partial charge in [0.05, 0.1) is 19.8 Å². The van der Waals surface area contributed by atoms with Crippen LogP contribution < -0.4 is 9.47 Å². The number of carbonyl (C=O) groups is 1. The van der Waals surface area contributed by atoms with E-state index in [1.54, 1.807) is 38.5 Å². The second-order valence-corrected chi connectivity index (χ2v) is 4.64. The number of methoxy groups -OCH3 is 2. The van der Waals surface area contributed by atoms with Crippen LogP contribution in [0.15, 0.2) is 48.3 Å². The third-order valence-corrected chi connectivity index (χ3v) is 3.33. The van der Waals surface area contributed by atoms with Crippen molar-refractivity contribution in [1.82, 2.24) is 0 Å². The molecule has 4 nitrogen and oxygen atoms in total. The molecular formula is C17H18O4. The van der Waals surface area contributed by atoms with Gasteiger partial charge in [0.15, 0.2) is 5.78 Å². The summed E-state index contributed by atoms with van der Waals surface area (Å²) in [6.45, 7) is 0. The summed E-state index contributed by atoms with van der Waals surface area (Å²) in [7, 11) is 3.15. The summed E-state index contributed by atoms with van der Waals surface area (Å²) in [5.74, 6) is 1.24. The first-order valence-corrected chi connectivity index (χ1v) is 6.66. The van der Waals surface area contributed by atoms with Crippen LogP contribution in [-0.4, -0.2) is 25.1 Å². The topological polar surface area (TPSA) is 55.8 Å². The molecule has 0 bridgehead atoms. The Labute approximate surface area is 124 Å². The lowest BCUT2D eigenvalue weighted by Gasteiger charge is -2.11. The molecule has 1 aromatic carbocycles. The molecule has 2 rings (SSSR count). The average molecular weight is 286 g/mol. The molecule has 1 aromatic rings. The number of hydrogen-bond acceptors (Lipinski definition) is 4. The Kier molecular flexibility index (Phi) is 4.82. The van der Waals surface area contributed by atoms with Gasteiger partial charge in [0.1, 0.15) is 17.3 Å². The van der Waals surface area contributed by atoms with Gasteiger partial charge in [-0.2, -0.15) is 0 Å². The average Bonchev–Trinajstić information content (AvgIpc) is 2.52. The smallest absolute Gasteiger partial charge is 0.162 e. The highest BCUT2D eigenvalue weighted by Gasteiger charge is 2.15. The maximum absolute atomic E-state index is 12.1. The molecule has 0 aromatic heterocycles. The fourth-order valence-corrected chi connectivity index (χ4v) is 2.15. The number of ether oxygens (including phenoxy) is 2. The van der Waals surface area contributed by atoms with Crippen LogP contribution in [0.3, 0.4) is 0 Å². The standard InChI is InChI=1S/C17H18O4/c1-20-16-4-3-5-17(21-2)14(16)10-11-15(19)12-6-8-13(18)9-7-12/h3-6,8-12,18H,7H2,1-2H3/b11-10+. The third-order valence-electron chi connectivity index (χ3n) is 3.33. The van der Waals surface area contributed by atoms with E-state index in [-0.39, 0.29) is 17.5 Å². The molecule has 0 spiro atoms. The lowest BCUT2D eigenvalue weighted by molar-refractivity contribution is -0.116. The van der Waals surface area contributed by atoms with E-state index in [0.29, 0.717) is 17.9 Å². The highest BCUT2D eigenvalue weighted by atomic mass is 16.5. The maximum Gasteiger partial charge on any atom is 0.162 e. The molecule has 1 aliphatic carbocycles. The van der Waals surface area contributed by atoms with Crippen LogP contribution in [0.2, 0.25) is 0 Å². The van der Waals surface area contributed by atoms with Crippen molar-refractivity contribution in [3.8, 4) is 11.5 Å². The fourth-order valence-electron chi connectivity index (χ4n) is 2.15. The third kappa shape index (κ3) is 3.54. The first kappa shape index (κ1) is 14.9. The van der Waals surface area contributed by atoms with Crippen molar-refractivity contribution in [2.24, 2.45) is 5.92 Å². The van der Waals surface area contributed by atoms with Gasteiger partial charge in [0, 0.05) is 5.92 Å². The molecule has 0 fully saturated rings. The predicted octanol–water partition coefficient (Wildman–Crippen LogP) is 3.30. The fraction of sp³-hybridized carbons (Fsp3) is 0.235. The first-order valence-electron chi connectivity index (χ1n) is 6.66. The van der Waals surface area contributed by atoms with Crippen LogP contribution in [0.5, 0.6) is 11.5 Å². The maximum atomic E-state index is 12.1. The zero-order chi connectivity index (χ0) is 15.2. The molecular weight excluding hydrogens is 268 g/mol. The molecule has 0 aliphatic heterocycles. The van der Waals surface area contributed by atoms with Gasteiger partial charge in [0.2, 0.25) is 0 Å². The van der Waals surface area contributed by atoms with E-state index in [1.807, 2.05) is 18.2 Å². The molecule has 4 heteroatoms. The Bertz CT molecular complexity index is 589. The van der Waals surface area contributed by atoms with Crippen molar-refractivity contribution < 1.29 is 19.4 Å².